The number of hydrogen-bond acceptors (Lipinski definition) is 3. The van der Waals surface area contributed by atoms with Crippen molar-refractivity contribution in [3.8, 4) is 0 Å². The van der Waals surface area contributed by atoms with E-state index in [1.165, 1.54) is 18.4 Å². The van der Waals surface area contributed by atoms with Crippen LogP contribution in [0, 0.1) is 46.3 Å². The second-order valence-corrected chi connectivity index (χ2v) is 12.4. The number of aliphatic hydroxyl groups excluding tert-OH is 1. The molecular weight excluding hydrogens is 384 g/mol. The fourth-order valence-corrected chi connectivity index (χ4v) is 7.96. The number of aliphatic hydroxyl groups is 2. The molecule has 3 heteroatoms. The topological polar surface area (TPSA) is 57.5 Å². The predicted molar refractivity (Wildman–Crippen MR) is 125 cm³/mol. The number of carbonyl (C=O) groups excluding carboxylic acids is 1. The normalized spacial score (nSPS) is 47.0. The molecule has 3 nitrogen and oxygen atoms in total. The van der Waals surface area contributed by atoms with Crippen LogP contribution in [0.1, 0.15) is 86.5 Å². The summed E-state index contributed by atoms with van der Waals surface area (Å²) in [5, 5.41) is 21.7. The first kappa shape index (κ1) is 23.2. The van der Waals surface area contributed by atoms with Crippen LogP contribution in [0.3, 0.4) is 0 Å². The van der Waals surface area contributed by atoms with E-state index >= 15 is 0 Å². The van der Waals surface area contributed by atoms with Crippen LogP contribution in [0.5, 0.6) is 0 Å². The summed E-state index contributed by atoms with van der Waals surface area (Å²) in [5.74, 6) is 3.03. The van der Waals surface area contributed by atoms with E-state index in [4.69, 9.17) is 0 Å². The summed E-state index contributed by atoms with van der Waals surface area (Å²) in [7, 11) is 0. The molecule has 4 aliphatic carbocycles. The van der Waals surface area contributed by atoms with Crippen LogP contribution < -0.4 is 0 Å². The van der Waals surface area contributed by atoms with Gasteiger partial charge in [-0.2, -0.15) is 0 Å². The maximum atomic E-state index is 13.3. The molecule has 0 aliphatic heterocycles. The average Bonchev–Trinajstić information content (AvgIpc) is 3.05. The largest absolute Gasteiger partial charge is 0.393 e. The van der Waals surface area contributed by atoms with Gasteiger partial charge in [0.2, 0.25) is 0 Å². The molecule has 0 bridgehead atoms. The van der Waals surface area contributed by atoms with E-state index in [-0.39, 0.29) is 23.5 Å². The summed E-state index contributed by atoms with van der Waals surface area (Å²) in [6.07, 6.45) is 12.4. The fraction of sp³-hybridized carbons (Fsp3) is 0.821. The molecule has 0 aromatic heterocycles. The van der Waals surface area contributed by atoms with Gasteiger partial charge < -0.3 is 10.2 Å². The fourth-order valence-electron chi connectivity index (χ4n) is 7.96. The van der Waals surface area contributed by atoms with Crippen LogP contribution >= 0.6 is 0 Å². The van der Waals surface area contributed by atoms with E-state index in [1.807, 2.05) is 6.08 Å². The molecule has 9 atom stereocenters. The van der Waals surface area contributed by atoms with E-state index in [0.29, 0.717) is 36.0 Å². The van der Waals surface area contributed by atoms with Crippen LogP contribution in [-0.4, -0.2) is 27.7 Å². The van der Waals surface area contributed by atoms with E-state index in [2.05, 4.69) is 53.7 Å². The Hall–Kier alpha value is -0.930. The minimum atomic E-state index is -1.40. The third kappa shape index (κ3) is 3.41. The number of rotatable bonds is 4. The van der Waals surface area contributed by atoms with Gasteiger partial charge in [0.25, 0.3) is 0 Å². The summed E-state index contributed by atoms with van der Waals surface area (Å²) in [6, 6.07) is 0. The Bertz CT molecular complexity index is 781. The number of fused-ring (bicyclic) bond motifs is 5. The average molecular weight is 429 g/mol. The number of hydrogen-bond donors (Lipinski definition) is 2. The third-order valence-electron chi connectivity index (χ3n) is 10.5. The van der Waals surface area contributed by atoms with Gasteiger partial charge in [0, 0.05) is 11.8 Å². The van der Waals surface area contributed by atoms with Crippen molar-refractivity contribution >= 4 is 5.78 Å². The second kappa shape index (κ2) is 7.83. The zero-order valence-corrected chi connectivity index (χ0v) is 20.5. The molecular formula is C28H44O3. The van der Waals surface area contributed by atoms with Gasteiger partial charge in [-0.3, -0.25) is 4.79 Å². The lowest BCUT2D eigenvalue weighted by Crippen LogP contribution is -2.64. The van der Waals surface area contributed by atoms with E-state index in [0.717, 1.165) is 19.3 Å². The van der Waals surface area contributed by atoms with Gasteiger partial charge in [-0.1, -0.05) is 59.3 Å². The summed E-state index contributed by atoms with van der Waals surface area (Å²) >= 11 is 0. The lowest BCUT2D eigenvalue weighted by molar-refractivity contribution is -0.180. The number of ketones is 1. The Morgan fingerprint density at radius 2 is 1.71 bits per heavy atom. The molecule has 0 heterocycles. The first-order chi connectivity index (χ1) is 14.4. The lowest BCUT2D eigenvalue weighted by atomic mass is 9.46. The molecule has 4 rings (SSSR count). The number of allylic oxidation sites excluding steroid dienone is 3. The molecule has 0 aromatic carbocycles. The third-order valence-corrected chi connectivity index (χ3v) is 10.5. The van der Waals surface area contributed by atoms with Crippen molar-refractivity contribution < 1.29 is 15.0 Å². The molecule has 31 heavy (non-hydrogen) atoms. The molecule has 174 valence electrons. The van der Waals surface area contributed by atoms with Crippen LogP contribution in [-0.2, 0) is 4.79 Å². The highest BCUT2D eigenvalue weighted by Gasteiger charge is 2.65. The van der Waals surface area contributed by atoms with Gasteiger partial charge in [-0.15, -0.1) is 0 Å². The Labute approximate surface area is 189 Å². The Kier molecular flexibility index (Phi) is 5.87. The van der Waals surface area contributed by atoms with Gasteiger partial charge in [0.1, 0.15) is 5.60 Å². The van der Waals surface area contributed by atoms with Gasteiger partial charge in [0.15, 0.2) is 5.78 Å². The van der Waals surface area contributed by atoms with Gasteiger partial charge in [-0.05, 0) is 85.5 Å². The van der Waals surface area contributed by atoms with Crippen molar-refractivity contribution in [2.45, 2.75) is 98.2 Å². The Morgan fingerprint density at radius 3 is 2.39 bits per heavy atom. The molecule has 0 aromatic rings. The maximum absolute atomic E-state index is 13.3. The van der Waals surface area contributed by atoms with Gasteiger partial charge in [0.05, 0.1) is 6.10 Å². The van der Waals surface area contributed by atoms with Crippen LogP contribution in [0.2, 0.25) is 0 Å². The first-order valence-corrected chi connectivity index (χ1v) is 12.8. The highest BCUT2D eigenvalue weighted by molar-refractivity contribution is 5.99. The molecule has 3 fully saturated rings. The lowest BCUT2D eigenvalue weighted by Gasteiger charge is -2.59. The summed E-state index contributed by atoms with van der Waals surface area (Å²) in [5.41, 5.74) is -0.275. The molecule has 0 amide bonds. The van der Waals surface area contributed by atoms with Crippen molar-refractivity contribution in [3.05, 3.63) is 23.8 Å². The van der Waals surface area contributed by atoms with Gasteiger partial charge in [-0.25, -0.2) is 0 Å². The van der Waals surface area contributed by atoms with Crippen molar-refractivity contribution in [2.75, 3.05) is 0 Å². The van der Waals surface area contributed by atoms with Gasteiger partial charge >= 0.3 is 0 Å². The minimum Gasteiger partial charge on any atom is -0.393 e. The quantitative estimate of drug-likeness (QED) is 0.564. The highest BCUT2D eigenvalue weighted by atomic mass is 16.3. The van der Waals surface area contributed by atoms with Crippen molar-refractivity contribution in [1.82, 2.24) is 0 Å². The van der Waals surface area contributed by atoms with E-state index in [1.54, 1.807) is 0 Å². The highest BCUT2D eigenvalue weighted by Crippen LogP contribution is 2.67. The summed E-state index contributed by atoms with van der Waals surface area (Å²) in [6.45, 7) is 13.9. The minimum absolute atomic E-state index is 0.147. The summed E-state index contributed by atoms with van der Waals surface area (Å²) < 4.78 is 0. The first-order valence-electron chi connectivity index (χ1n) is 12.8. The van der Waals surface area contributed by atoms with E-state index < -0.39 is 17.1 Å². The second-order valence-electron chi connectivity index (χ2n) is 12.4. The predicted octanol–water partition coefficient (Wildman–Crippen LogP) is 5.70. The molecule has 2 N–H and O–H groups in total. The number of carbonyl (C=O) groups is 1. The summed E-state index contributed by atoms with van der Waals surface area (Å²) in [4.78, 5) is 13.3. The molecule has 3 saturated carbocycles. The molecule has 4 unspecified atom stereocenters. The van der Waals surface area contributed by atoms with Crippen molar-refractivity contribution in [2.24, 2.45) is 46.3 Å². The monoisotopic (exact) mass is 428 g/mol. The Morgan fingerprint density at radius 1 is 1.00 bits per heavy atom. The van der Waals surface area contributed by atoms with Crippen LogP contribution in [0.15, 0.2) is 23.8 Å². The zero-order valence-electron chi connectivity index (χ0n) is 20.5. The molecule has 0 saturated heterocycles. The smallest absolute Gasteiger partial charge is 0.187 e. The van der Waals surface area contributed by atoms with Crippen molar-refractivity contribution in [1.29, 1.82) is 0 Å². The van der Waals surface area contributed by atoms with E-state index in [9.17, 15) is 15.0 Å². The van der Waals surface area contributed by atoms with Crippen LogP contribution in [0.4, 0.5) is 0 Å². The molecule has 0 radical (unpaired) electrons. The zero-order chi connectivity index (χ0) is 22.8. The standard InChI is InChI=1S/C28H44O3/c1-17(2)18(3)7-8-19(4)22-9-10-23-21-15-25(30)28(31)16-20(29)11-14-27(28,6)24(21)12-13-26(22,23)5/h7-8,15,17-20,22-24,29,31H,9-14,16H2,1-6H3/b8-7+/t18?,19?,20-,22+,23?,24?,26+,27+,28-/m0/s1. The molecule has 0 spiro atoms. The molecule has 4 aliphatic rings. The Balaban J connectivity index is 1.62. The maximum Gasteiger partial charge on any atom is 0.187 e. The van der Waals surface area contributed by atoms with Crippen LogP contribution in [0.25, 0.3) is 0 Å². The van der Waals surface area contributed by atoms with Crippen molar-refractivity contribution in [3.63, 3.8) is 0 Å². The SMILES string of the molecule is CC(C)C(C)/C=C/C(C)[C@H]1CCC2C3=CC(=O)[C@@]4(O)C[C@@H](O)CC[C@]4(C)C3CC[C@@]21C.